The molecule has 12 nitrogen and oxygen atoms in total. The molecule has 0 bridgehead atoms. The van der Waals surface area contributed by atoms with Crippen LogP contribution in [0.5, 0.6) is 0 Å². The minimum absolute atomic E-state index is 0.130. The van der Waals surface area contributed by atoms with E-state index in [1.807, 2.05) is 0 Å². The normalized spacial score (nSPS) is 16.6. The van der Waals surface area contributed by atoms with Crippen molar-refractivity contribution in [2.75, 3.05) is 0 Å². The van der Waals surface area contributed by atoms with Crippen LogP contribution in [0.2, 0.25) is 0 Å². The molecule has 2 aromatic rings. The van der Waals surface area contributed by atoms with E-state index in [-0.39, 0.29) is 15.6 Å². The lowest BCUT2D eigenvalue weighted by atomic mass is 10.1. The zero-order valence-corrected chi connectivity index (χ0v) is 16.9. The minimum atomic E-state index is -5.20. The van der Waals surface area contributed by atoms with Gasteiger partial charge >= 0.3 is 10.1 Å². The Labute approximate surface area is 170 Å². The molecule has 0 atom stereocenters. The van der Waals surface area contributed by atoms with E-state index in [2.05, 4.69) is 15.9 Å². The first-order valence-electron chi connectivity index (χ1n) is 7.20. The van der Waals surface area contributed by atoms with Gasteiger partial charge in [0.15, 0.2) is 5.76 Å². The molecule has 0 N–H and O–H groups in total. The number of fused-ring (bicyclic) bond motifs is 1. The summed E-state index contributed by atoms with van der Waals surface area (Å²) in [5.74, 6) is -0.436. The lowest BCUT2D eigenvalue weighted by Gasteiger charge is -2.13. The summed E-state index contributed by atoms with van der Waals surface area (Å²) in [4.78, 5) is 18.5. The maximum atomic E-state index is 12.2. The van der Waals surface area contributed by atoms with Crippen LogP contribution in [-0.2, 0) is 24.4 Å². The molecule has 0 aromatic heterocycles. The van der Waals surface area contributed by atoms with Crippen molar-refractivity contribution in [3.63, 3.8) is 0 Å². The molecule has 0 saturated carbocycles. The molecular formula is C14H6BrN2O10S2-. The molecule has 0 unspecified atom stereocenters. The summed E-state index contributed by atoms with van der Waals surface area (Å²) in [6, 6.07) is 5.21. The van der Waals surface area contributed by atoms with Crippen LogP contribution in [0.1, 0.15) is 11.1 Å². The lowest BCUT2D eigenvalue weighted by molar-refractivity contribution is -0.385. The molecule has 2 aromatic carbocycles. The van der Waals surface area contributed by atoms with Gasteiger partial charge in [-0.3, -0.25) is 20.2 Å². The van der Waals surface area contributed by atoms with E-state index in [0.717, 1.165) is 30.3 Å². The Balaban J connectivity index is 2.31. The fourth-order valence-corrected chi connectivity index (χ4v) is 5.27. The molecule has 1 heterocycles. The van der Waals surface area contributed by atoms with Gasteiger partial charge in [0.05, 0.1) is 19.2 Å². The van der Waals surface area contributed by atoms with Gasteiger partial charge in [0, 0.05) is 35.4 Å². The van der Waals surface area contributed by atoms with Crippen molar-refractivity contribution in [3.05, 3.63) is 67.8 Å². The second-order valence-electron chi connectivity index (χ2n) is 5.51. The molecule has 1 aliphatic rings. The van der Waals surface area contributed by atoms with Crippen molar-refractivity contribution in [1.82, 2.24) is 0 Å². The fourth-order valence-electron chi connectivity index (χ4n) is 2.51. The van der Waals surface area contributed by atoms with Crippen LogP contribution in [0, 0.1) is 20.2 Å². The Kier molecular flexibility index (Phi) is 4.94. The maximum Gasteiger partial charge on any atom is 0.340 e. The second kappa shape index (κ2) is 6.87. The Hall–Kier alpha value is -2.88. The molecule has 0 fully saturated rings. The third-order valence-corrected chi connectivity index (χ3v) is 6.69. The van der Waals surface area contributed by atoms with Crippen LogP contribution in [0.25, 0.3) is 10.2 Å². The third kappa shape index (κ3) is 3.71. The molecule has 152 valence electrons. The summed E-state index contributed by atoms with van der Waals surface area (Å²) in [5, 5.41) is 21.8. The molecule has 0 saturated heterocycles. The number of hydrogen-bond acceptors (Lipinski definition) is 10. The number of benzene rings is 2. The highest BCUT2D eigenvalue weighted by Crippen LogP contribution is 2.45. The monoisotopic (exact) mass is 505 g/mol. The van der Waals surface area contributed by atoms with Crippen molar-refractivity contribution < 1.29 is 35.4 Å². The van der Waals surface area contributed by atoms with Gasteiger partial charge in [-0.1, -0.05) is 0 Å². The first-order chi connectivity index (χ1) is 13.3. The zero-order valence-electron chi connectivity index (χ0n) is 13.6. The molecule has 1 aliphatic heterocycles. The molecule has 0 aliphatic carbocycles. The zero-order chi connectivity index (χ0) is 21.7. The summed E-state index contributed by atoms with van der Waals surface area (Å²) in [6.45, 7) is 0. The predicted molar refractivity (Wildman–Crippen MR) is 98.2 cm³/mol. The predicted octanol–water partition coefficient (Wildman–Crippen LogP) is 2.35. The highest BCUT2D eigenvalue weighted by molar-refractivity contribution is 9.15. The van der Waals surface area contributed by atoms with E-state index >= 15 is 0 Å². The number of halogens is 1. The third-order valence-electron chi connectivity index (χ3n) is 3.76. The number of non-ortho nitro benzene ring substituents is 2. The van der Waals surface area contributed by atoms with Crippen LogP contribution in [0.3, 0.4) is 0 Å². The summed E-state index contributed by atoms with van der Waals surface area (Å²) >= 11 is 2.97. The van der Waals surface area contributed by atoms with E-state index in [1.54, 1.807) is 0 Å². The van der Waals surface area contributed by atoms with E-state index in [1.165, 1.54) is 0 Å². The lowest BCUT2D eigenvalue weighted by Crippen LogP contribution is -2.04. The molecule has 3 rings (SSSR count). The fraction of sp³-hybridized carbons (Fsp3) is 0. The van der Waals surface area contributed by atoms with Gasteiger partial charge in [-0.25, -0.2) is 8.42 Å². The van der Waals surface area contributed by atoms with E-state index in [0.29, 0.717) is 6.07 Å². The van der Waals surface area contributed by atoms with Crippen LogP contribution >= 0.6 is 15.9 Å². The average Bonchev–Trinajstić information content (AvgIpc) is 2.90. The molecule has 0 amide bonds. The summed E-state index contributed by atoms with van der Waals surface area (Å²) in [5.41, 5.74) is -1.71. The van der Waals surface area contributed by atoms with Gasteiger partial charge in [-0.05, 0) is 28.1 Å². The Morgan fingerprint density at radius 3 is 2.10 bits per heavy atom. The molecule has 0 radical (unpaired) electrons. The summed E-state index contributed by atoms with van der Waals surface area (Å²) < 4.78 is 63.8. The number of nitro groups is 2. The second-order valence-corrected chi connectivity index (χ2v) is 9.17. The Bertz CT molecular complexity index is 1330. The average molecular weight is 506 g/mol. The maximum absolute atomic E-state index is 12.2. The summed E-state index contributed by atoms with van der Waals surface area (Å²) in [7, 11) is -9.66. The molecule has 29 heavy (non-hydrogen) atoms. The van der Waals surface area contributed by atoms with Gasteiger partial charge in [0.25, 0.3) is 11.4 Å². The van der Waals surface area contributed by atoms with E-state index in [4.69, 9.17) is 4.18 Å². The highest BCUT2D eigenvalue weighted by Gasteiger charge is 2.36. The Morgan fingerprint density at radius 1 is 1.00 bits per heavy atom. The molecule has 15 heteroatoms. The van der Waals surface area contributed by atoms with Crippen molar-refractivity contribution in [2.45, 2.75) is 9.79 Å². The topological polar surface area (TPSA) is 187 Å². The largest absolute Gasteiger partial charge is 0.744 e. The van der Waals surface area contributed by atoms with Gasteiger partial charge in [0.2, 0.25) is 0 Å². The van der Waals surface area contributed by atoms with Gasteiger partial charge in [0.1, 0.15) is 15.0 Å². The molecular weight excluding hydrogens is 500 g/mol. The number of hydrogen-bond donors (Lipinski definition) is 0. The standard InChI is InChI=1S/C14H7BrN2O10S2/c15-13(9-3-1-7(16(18)19)5-11(9)28(22,23)24)14-10-4-2-8(17(20)21)6-12(10)29(25,26)27-14/h1-6H,(H,22,23,24)/p-1. The number of rotatable bonds is 4. The first-order valence-corrected chi connectivity index (χ1v) is 10.8. The van der Waals surface area contributed by atoms with E-state index < -0.39 is 57.0 Å². The highest BCUT2D eigenvalue weighted by atomic mass is 79.9. The first kappa shape index (κ1) is 20.8. The van der Waals surface area contributed by atoms with Crippen LogP contribution in [0.4, 0.5) is 11.4 Å². The van der Waals surface area contributed by atoms with Crippen LogP contribution in [-0.4, -0.2) is 31.2 Å². The number of nitrogens with zero attached hydrogens (tertiary/aromatic N) is 2. The van der Waals surface area contributed by atoms with Gasteiger partial charge in [-0.15, -0.1) is 0 Å². The SMILES string of the molecule is O=[N+]([O-])c1ccc(C(Br)=C2OS(=O)(=O)c3cc([N+](=O)[O-])ccc32)c(S(=O)(=O)[O-])c1. The van der Waals surface area contributed by atoms with Crippen LogP contribution < -0.4 is 0 Å². The van der Waals surface area contributed by atoms with Crippen LogP contribution in [0.15, 0.2) is 46.2 Å². The van der Waals surface area contributed by atoms with Gasteiger partial charge < -0.3 is 8.74 Å². The summed E-state index contributed by atoms with van der Waals surface area (Å²) in [6.07, 6.45) is 0. The smallest absolute Gasteiger partial charge is 0.340 e. The Morgan fingerprint density at radius 2 is 1.55 bits per heavy atom. The molecule has 0 spiro atoms. The van der Waals surface area contributed by atoms with Crippen molar-refractivity contribution >= 4 is 57.8 Å². The van der Waals surface area contributed by atoms with Crippen molar-refractivity contribution in [3.8, 4) is 0 Å². The minimum Gasteiger partial charge on any atom is -0.744 e. The quantitative estimate of drug-likeness (QED) is 0.258. The van der Waals surface area contributed by atoms with Crippen molar-refractivity contribution in [2.24, 2.45) is 0 Å². The van der Waals surface area contributed by atoms with Crippen molar-refractivity contribution in [1.29, 1.82) is 0 Å². The van der Waals surface area contributed by atoms with Gasteiger partial charge in [-0.2, -0.15) is 8.42 Å². The number of nitro benzene ring substituents is 2. The van der Waals surface area contributed by atoms with E-state index in [9.17, 15) is 41.6 Å².